The van der Waals surface area contributed by atoms with Crippen LogP contribution in [-0.2, 0) is 0 Å². The Morgan fingerprint density at radius 2 is 2.50 bits per heavy atom. The SMILES string of the molecule is C/C(=C\c1cccnc1)[N+](=O)[O-]. The quantitative estimate of drug-likeness (QED) is 0.494. The van der Waals surface area contributed by atoms with Gasteiger partial charge in [0, 0.05) is 25.4 Å². The number of hydrogen-bond acceptors (Lipinski definition) is 3. The molecule has 0 aromatic carbocycles. The van der Waals surface area contributed by atoms with E-state index in [1.54, 1.807) is 24.5 Å². The van der Waals surface area contributed by atoms with Crippen LogP contribution in [0.4, 0.5) is 0 Å². The second kappa shape index (κ2) is 3.61. The van der Waals surface area contributed by atoms with E-state index in [0.29, 0.717) is 0 Å². The first kappa shape index (κ1) is 8.39. The minimum atomic E-state index is -0.424. The van der Waals surface area contributed by atoms with Crippen LogP contribution in [0.2, 0.25) is 0 Å². The molecule has 62 valence electrons. The molecule has 1 aromatic heterocycles. The van der Waals surface area contributed by atoms with Crippen LogP contribution in [-0.4, -0.2) is 9.91 Å². The van der Waals surface area contributed by atoms with Gasteiger partial charge in [-0.25, -0.2) is 0 Å². The molecular formula is C8H8N2O2. The predicted molar refractivity (Wildman–Crippen MR) is 44.9 cm³/mol. The average molecular weight is 164 g/mol. The second-order valence-corrected chi connectivity index (χ2v) is 2.33. The van der Waals surface area contributed by atoms with Crippen molar-refractivity contribution < 1.29 is 4.92 Å². The number of allylic oxidation sites excluding steroid dienone is 1. The highest BCUT2D eigenvalue weighted by molar-refractivity contribution is 5.48. The lowest BCUT2D eigenvalue weighted by Gasteiger charge is -1.90. The Labute approximate surface area is 69.7 Å². The zero-order valence-electron chi connectivity index (χ0n) is 6.60. The summed E-state index contributed by atoms with van der Waals surface area (Å²) in [6, 6.07) is 3.50. The fourth-order valence-corrected chi connectivity index (χ4v) is 0.755. The van der Waals surface area contributed by atoms with Crippen LogP contribution >= 0.6 is 0 Å². The molecule has 0 saturated carbocycles. The Bertz CT molecular complexity index is 306. The molecule has 1 aromatic rings. The van der Waals surface area contributed by atoms with Crippen LogP contribution in [0.3, 0.4) is 0 Å². The standard InChI is InChI=1S/C8H8N2O2/c1-7(10(11)12)5-8-3-2-4-9-6-8/h2-6H,1H3/b7-5+. The van der Waals surface area contributed by atoms with Crippen LogP contribution in [0.25, 0.3) is 6.08 Å². The van der Waals surface area contributed by atoms with Gasteiger partial charge in [-0.2, -0.15) is 0 Å². The molecule has 1 rings (SSSR count). The molecule has 0 unspecified atom stereocenters. The van der Waals surface area contributed by atoms with E-state index in [4.69, 9.17) is 0 Å². The Balaban J connectivity index is 2.89. The topological polar surface area (TPSA) is 56.0 Å². The van der Waals surface area contributed by atoms with E-state index in [9.17, 15) is 10.1 Å². The van der Waals surface area contributed by atoms with Gasteiger partial charge in [-0.1, -0.05) is 6.07 Å². The summed E-state index contributed by atoms with van der Waals surface area (Å²) >= 11 is 0. The van der Waals surface area contributed by atoms with Gasteiger partial charge in [-0.3, -0.25) is 15.1 Å². The highest BCUT2D eigenvalue weighted by Gasteiger charge is 2.00. The van der Waals surface area contributed by atoms with Gasteiger partial charge in [-0.15, -0.1) is 0 Å². The fraction of sp³-hybridized carbons (Fsp3) is 0.125. The molecule has 0 amide bonds. The molecule has 0 fully saturated rings. The van der Waals surface area contributed by atoms with Gasteiger partial charge >= 0.3 is 0 Å². The average Bonchev–Trinajstić information content (AvgIpc) is 2.06. The second-order valence-electron chi connectivity index (χ2n) is 2.33. The molecule has 0 saturated heterocycles. The van der Waals surface area contributed by atoms with Crippen LogP contribution in [0.15, 0.2) is 30.2 Å². The van der Waals surface area contributed by atoms with Gasteiger partial charge in [-0.05, 0) is 11.6 Å². The number of pyridine rings is 1. The van der Waals surface area contributed by atoms with Crippen molar-refractivity contribution in [3.63, 3.8) is 0 Å². The number of nitrogens with zero attached hydrogens (tertiary/aromatic N) is 2. The maximum atomic E-state index is 10.2. The molecule has 0 radical (unpaired) electrons. The summed E-state index contributed by atoms with van der Waals surface area (Å²) in [5, 5.41) is 10.2. The van der Waals surface area contributed by atoms with Crippen molar-refractivity contribution in [2.24, 2.45) is 0 Å². The number of hydrogen-bond donors (Lipinski definition) is 0. The van der Waals surface area contributed by atoms with Crippen molar-refractivity contribution in [3.8, 4) is 0 Å². The van der Waals surface area contributed by atoms with E-state index >= 15 is 0 Å². The van der Waals surface area contributed by atoms with Gasteiger partial charge < -0.3 is 0 Å². The Morgan fingerprint density at radius 1 is 1.75 bits per heavy atom. The molecule has 12 heavy (non-hydrogen) atoms. The third-order valence-electron chi connectivity index (χ3n) is 1.35. The largest absolute Gasteiger partial charge is 0.264 e. The summed E-state index contributed by atoms with van der Waals surface area (Å²) in [6.07, 6.45) is 4.68. The number of aromatic nitrogens is 1. The lowest BCUT2D eigenvalue weighted by Crippen LogP contribution is -1.92. The van der Waals surface area contributed by atoms with Crippen molar-refractivity contribution >= 4 is 6.08 Å². The summed E-state index contributed by atoms with van der Waals surface area (Å²) in [5.74, 6) is 0. The van der Waals surface area contributed by atoms with Crippen LogP contribution in [0.5, 0.6) is 0 Å². The van der Waals surface area contributed by atoms with Gasteiger partial charge in [0.2, 0.25) is 5.70 Å². The Hall–Kier alpha value is -1.71. The van der Waals surface area contributed by atoms with Crippen LogP contribution in [0, 0.1) is 10.1 Å². The van der Waals surface area contributed by atoms with E-state index < -0.39 is 4.92 Å². The molecular weight excluding hydrogens is 156 g/mol. The molecule has 4 nitrogen and oxygen atoms in total. The van der Waals surface area contributed by atoms with Crippen molar-refractivity contribution in [1.82, 2.24) is 4.98 Å². The van der Waals surface area contributed by atoms with E-state index in [2.05, 4.69) is 4.98 Å². The lowest BCUT2D eigenvalue weighted by atomic mass is 10.2. The molecule has 1 heterocycles. The van der Waals surface area contributed by atoms with Crippen molar-refractivity contribution in [1.29, 1.82) is 0 Å². The molecule has 0 atom stereocenters. The molecule has 0 bridgehead atoms. The van der Waals surface area contributed by atoms with Crippen LogP contribution in [0.1, 0.15) is 12.5 Å². The minimum absolute atomic E-state index is 0.114. The monoisotopic (exact) mass is 164 g/mol. The highest BCUT2D eigenvalue weighted by Crippen LogP contribution is 2.04. The van der Waals surface area contributed by atoms with Crippen molar-refractivity contribution in [3.05, 3.63) is 45.9 Å². The normalized spacial score (nSPS) is 11.2. The van der Waals surface area contributed by atoms with Crippen molar-refractivity contribution in [2.75, 3.05) is 0 Å². The molecule has 0 spiro atoms. The Morgan fingerprint density at radius 3 is 3.00 bits per heavy atom. The summed E-state index contributed by atoms with van der Waals surface area (Å²) < 4.78 is 0. The first-order chi connectivity index (χ1) is 5.70. The number of rotatable bonds is 2. The molecule has 0 aliphatic heterocycles. The summed E-state index contributed by atoms with van der Waals surface area (Å²) in [4.78, 5) is 13.6. The first-order valence-electron chi connectivity index (χ1n) is 3.43. The van der Waals surface area contributed by atoms with E-state index in [1.165, 1.54) is 13.0 Å². The van der Waals surface area contributed by atoms with E-state index in [-0.39, 0.29) is 5.70 Å². The molecule has 4 heteroatoms. The van der Waals surface area contributed by atoms with E-state index in [1.807, 2.05) is 0 Å². The summed E-state index contributed by atoms with van der Waals surface area (Å²) in [6.45, 7) is 1.45. The van der Waals surface area contributed by atoms with Gasteiger partial charge in [0.15, 0.2) is 0 Å². The van der Waals surface area contributed by atoms with Gasteiger partial charge in [0.1, 0.15) is 0 Å². The minimum Gasteiger partial charge on any atom is -0.264 e. The van der Waals surface area contributed by atoms with Gasteiger partial charge in [0.05, 0.1) is 4.92 Å². The first-order valence-corrected chi connectivity index (χ1v) is 3.43. The third kappa shape index (κ3) is 2.16. The third-order valence-corrected chi connectivity index (χ3v) is 1.35. The van der Waals surface area contributed by atoms with E-state index in [0.717, 1.165) is 5.56 Å². The lowest BCUT2D eigenvalue weighted by molar-refractivity contribution is -0.422. The smallest absolute Gasteiger partial charge is 0.243 e. The summed E-state index contributed by atoms with van der Waals surface area (Å²) in [5.41, 5.74) is 0.856. The van der Waals surface area contributed by atoms with Crippen LogP contribution < -0.4 is 0 Å². The zero-order chi connectivity index (χ0) is 8.97. The fourth-order valence-electron chi connectivity index (χ4n) is 0.755. The maximum absolute atomic E-state index is 10.2. The molecule has 0 N–H and O–H groups in total. The predicted octanol–water partition coefficient (Wildman–Crippen LogP) is 1.72. The highest BCUT2D eigenvalue weighted by atomic mass is 16.6. The number of nitro groups is 1. The maximum Gasteiger partial charge on any atom is 0.243 e. The zero-order valence-corrected chi connectivity index (χ0v) is 6.60. The molecule has 0 aliphatic rings. The Kier molecular flexibility index (Phi) is 2.53. The molecule has 0 aliphatic carbocycles. The van der Waals surface area contributed by atoms with Gasteiger partial charge in [0.25, 0.3) is 0 Å². The summed E-state index contributed by atoms with van der Waals surface area (Å²) in [7, 11) is 0. The van der Waals surface area contributed by atoms with Crippen molar-refractivity contribution in [2.45, 2.75) is 6.92 Å².